The molecule has 0 unspecified atom stereocenters. The Bertz CT molecular complexity index is 985. The number of rotatable bonds is 5. The molecule has 0 spiro atoms. The van der Waals surface area contributed by atoms with Gasteiger partial charge in [-0.05, 0) is 37.1 Å². The second-order valence-electron chi connectivity index (χ2n) is 6.91. The van der Waals surface area contributed by atoms with Gasteiger partial charge in [0.15, 0.2) is 5.13 Å². The molecule has 3 aromatic rings. The minimum atomic E-state index is -2.61. The van der Waals surface area contributed by atoms with E-state index in [1.807, 2.05) is 23.6 Å². The summed E-state index contributed by atoms with van der Waals surface area (Å²) in [6.45, 7) is 0. The Kier molecular flexibility index (Phi) is 5.48. The highest BCUT2D eigenvalue weighted by Crippen LogP contribution is 2.33. The van der Waals surface area contributed by atoms with E-state index in [0.29, 0.717) is 16.5 Å². The van der Waals surface area contributed by atoms with Crippen molar-refractivity contribution in [1.29, 1.82) is 0 Å². The average Bonchev–Trinajstić information content (AvgIpc) is 3.19. The molecule has 2 N–H and O–H groups in total. The molecule has 0 atom stereocenters. The van der Waals surface area contributed by atoms with E-state index in [1.165, 1.54) is 17.5 Å². The van der Waals surface area contributed by atoms with Gasteiger partial charge in [-0.2, -0.15) is 0 Å². The molecule has 3 aromatic heterocycles. The van der Waals surface area contributed by atoms with Gasteiger partial charge in [-0.15, -0.1) is 11.3 Å². The minimum absolute atomic E-state index is 0.191. The van der Waals surface area contributed by atoms with Crippen molar-refractivity contribution in [2.45, 2.75) is 37.6 Å². The SMILES string of the molecule is O=C(NC1CCC(F)(F)CC1)c1ccnc(Nc2nc(-c3ccccn3)cs2)c1. The molecule has 4 rings (SSSR count). The first kappa shape index (κ1) is 19.4. The van der Waals surface area contributed by atoms with Crippen molar-refractivity contribution in [2.75, 3.05) is 5.32 Å². The first-order chi connectivity index (χ1) is 14.0. The van der Waals surface area contributed by atoms with E-state index in [0.717, 1.165) is 11.4 Å². The first-order valence-electron chi connectivity index (χ1n) is 9.27. The van der Waals surface area contributed by atoms with E-state index in [9.17, 15) is 13.6 Å². The Hall–Kier alpha value is -2.94. The fourth-order valence-corrected chi connectivity index (χ4v) is 3.88. The van der Waals surface area contributed by atoms with Crippen LogP contribution in [0.2, 0.25) is 0 Å². The zero-order valence-corrected chi connectivity index (χ0v) is 16.3. The van der Waals surface area contributed by atoms with Crippen LogP contribution in [0, 0.1) is 0 Å². The largest absolute Gasteiger partial charge is 0.349 e. The van der Waals surface area contributed by atoms with Gasteiger partial charge in [-0.1, -0.05) is 6.07 Å². The summed E-state index contributed by atoms with van der Waals surface area (Å²) >= 11 is 1.41. The molecule has 29 heavy (non-hydrogen) atoms. The van der Waals surface area contributed by atoms with Gasteiger partial charge in [0.05, 0.1) is 5.69 Å². The third-order valence-corrected chi connectivity index (χ3v) is 5.50. The van der Waals surface area contributed by atoms with Crippen molar-refractivity contribution in [3.8, 4) is 11.4 Å². The summed E-state index contributed by atoms with van der Waals surface area (Å²) in [7, 11) is 0. The summed E-state index contributed by atoms with van der Waals surface area (Å²) in [6, 6.07) is 8.60. The highest BCUT2D eigenvalue weighted by molar-refractivity contribution is 7.14. The normalized spacial score (nSPS) is 16.3. The number of anilines is 2. The van der Waals surface area contributed by atoms with Gasteiger partial charge in [0.2, 0.25) is 5.92 Å². The van der Waals surface area contributed by atoms with E-state index < -0.39 is 5.92 Å². The van der Waals surface area contributed by atoms with Crippen molar-refractivity contribution in [3.63, 3.8) is 0 Å². The van der Waals surface area contributed by atoms with Crippen LogP contribution in [-0.2, 0) is 0 Å². The second-order valence-corrected chi connectivity index (χ2v) is 7.77. The highest BCUT2D eigenvalue weighted by atomic mass is 32.1. The number of nitrogens with zero attached hydrogens (tertiary/aromatic N) is 3. The van der Waals surface area contributed by atoms with Crippen molar-refractivity contribution >= 4 is 28.2 Å². The summed E-state index contributed by atoms with van der Waals surface area (Å²) in [5.41, 5.74) is 1.94. The second kappa shape index (κ2) is 8.20. The number of hydrogen-bond acceptors (Lipinski definition) is 6. The molecule has 0 bridgehead atoms. The Morgan fingerprint density at radius 2 is 1.93 bits per heavy atom. The Balaban J connectivity index is 1.40. The summed E-state index contributed by atoms with van der Waals surface area (Å²) in [5.74, 6) is -2.43. The van der Waals surface area contributed by atoms with Crippen LogP contribution < -0.4 is 10.6 Å². The molecule has 1 aliphatic rings. The van der Waals surface area contributed by atoms with Gasteiger partial charge in [-0.25, -0.2) is 18.7 Å². The summed E-state index contributed by atoms with van der Waals surface area (Å²) in [4.78, 5) is 25.5. The van der Waals surface area contributed by atoms with E-state index in [2.05, 4.69) is 25.6 Å². The number of thiazole rings is 1. The quantitative estimate of drug-likeness (QED) is 0.634. The molecule has 3 heterocycles. The van der Waals surface area contributed by atoms with E-state index >= 15 is 0 Å². The predicted molar refractivity (Wildman–Crippen MR) is 108 cm³/mol. The molecular formula is C20H19F2N5OS. The van der Waals surface area contributed by atoms with Crippen LogP contribution in [0.25, 0.3) is 11.4 Å². The van der Waals surface area contributed by atoms with Gasteiger partial charge < -0.3 is 10.6 Å². The maximum atomic E-state index is 13.3. The zero-order chi connectivity index (χ0) is 20.3. The predicted octanol–water partition coefficient (Wildman–Crippen LogP) is 4.65. The van der Waals surface area contributed by atoms with Crippen molar-refractivity contribution in [1.82, 2.24) is 20.3 Å². The topological polar surface area (TPSA) is 79.8 Å². The molecule has 0 radical (unpaired) electrons. The van der Waals surface area contributed by atoms with Gasteiger partial charge in [0, 0.05) is 42.2 Å². The third kappa shape index (κ3) is 4.92. The fraction of sp³-hybridized carbons (Fsp3) is 0.300. The molecule has 150 valence electrons. The summed E-state index contributed by atoms with van der Waals surface area (Å²) < 4.78 is 26.5. The number of aromatic nitrogens is 3. The number of carbonyl (C=O) groups excluding carboxylic acids is 1. The van der Waals surface area contributed by atoms with Gasteiger partial charge in [0.1, 0.15) is 11.5 Å². The average molecular weight is 415 g/mol. The van der Waals surface area contributed by atoms with Gasteiger partial charge in [-0.3, -0.25) is 9.78 Å². The van der Waals surface area contributed by atoms with Crippen molar-refractivity contribution in [3.05, 3.63) is 53.7 Å². The van der Waals surface area contributed by atoms with Gasteiger partial charge >= 0.3 is 0 Å². The summed E-state index contributed by atoms with van der Waals surface area (Å²) in [6.07, 6.45) is 3.42. The number of carbonyl (C=O) groups is 1. The van der Waals surface area contributed by atoms with E-state index in [4.69, 9.17) is 0 Å². The minimum Gasteiger partial charge on any atom is -0.349 e. The number of halogens is 2. The molecule has 6 nitrogen and oxygen atoms in total. The third-order valence-electron chi connectivity index (χ3n) is 4.74. The van der Waals surface area contributed by atoms with Crippen LogP contribution in [0.1, 0.15) is 36.0 Å². The number of nitrogens with one attached hydrogen (secondary N) is 2. The number of amides is 1. The Labute approximate surface area is 170 Å². The van der Waals surface area contributed by atoms with Crippen LogP contribution in [0.4, 0.5) is 19.7 Å². The van der Waals surface area contributed by atoms with Crippen LogP contribution >= 0.6 is 11.3 Å². The first-order valence-corrected chi connectivity index (χ1v) is 10.2. The van der Waals surface area contributed by atoms with Crippen LogP contribution in [0.3, 0.4) is 0 Å². The number of hydrogen-bond donors (Lipinski definition) is 2. The standard InChI is InChI=1S/C20H19F2N5OS/c21-20(22)7-4-14(5-8-20)25-18(28)13-6-10-24-17(11-13)27-19-26-16(12-29-19)15-3-1-2-9-23-15/h1-3,6,9-12,14H,4-5,7-8H2,(H,25,28)(H,24,26,27). The molecular weight excluding hydrogens is 396 g/mol. The van der Waals surface area contributed by atoms with Crippen LogP contribution in [0.15, 0.2) is 48.1 Å². The Morgan fingerprint density at radius 3 is 2.69 bits per heavy atom. The monoisotopic (exact) mass is 415 g/mol. The van der Waals surface area contributed by atoms with E-state index in [-0.39, 0.29) is 37.6 Å². The van der Waals surface area contributed by atoms with Crippen molar-refractivity contribution < 1.29 is 13.6 Å². The smallest absolute Gasteiger partial charge is 0.251 e. The van der Waals surface area contributed by atoms with Crippen molar-refractivity contribution in [2.24, 2.45) is 0 Å². The molecule has 1 aliphatic carbocycles. The lowest BCUT2D eigenvalue weighted by atomic mass is 9.92. The molecule has 0 aliphatic heterocycles. The Morgan fingerprint density at radius 1 is 1.10 bits per heavy atom. The number of alkyl halides is 2. The molecule has 0 saturated heterocycles. The van der Waals surface area contributed by atoms with Crippen LogP contribution in [-0.4, -0.2) is 32.8 Å². The lowest BCUT2D eigenvalue weighted by molar-refractivity contribution is -0.0399. The fourth-order valence-electron chi connectivity index (χ4n) is 3.17. The lowest BCUT2D eigenvalue weighted by Gasteiger charge is -2.28. The molecule has 9 heteroatoms. The van der Waals surface area contributed by atoms with Crippen LogP contribution in [0.5, 0.6) is 0 Å². The molecule has 1 amide bonds. The maximum Gasteiger partial charge on any atom is 0.251 e. The maximum absolute atomic E-state index is 13.3. The molecule has 1 fully saturated rings. The zero-order valence-electron chi connectivity index (χ0n) is 15.4. The molecule has 0 aromatic carbocycles. The van der Waals surface area contributed by atoms with Gasteiger partial charge in [0.25, 0.3) is 5.91 Å². The summed E-state index contributed by atoms with van der Waals surface area (Å²) in [5, 5.41) is 8.45. The highest BCUT2D eigenvalue weighted by Gasteiger charge is 2.35. The number of pyridine rings is 2. The molecule has 1 saturated carbocycles. The van der Waals surface area contributed by atoms with E-state index in [1.54, 1.807) is 18.3 Å². The lowest BCUT2D eigenvalue weighted by Crippen LogP contribution is -2.40.